The van der Waals surface area contributed by atoms with Crippen molar-refractivity contribution in [3.05, 3.63) is 70.8 Å². The lowest BCUT2D eigenvalue weighted by Gasteiger charge is -2.09. The van der Waals surface area contributed by atoms with E-state index in [2.05, 4.69) is 0 Å². The van der Waals surface area contributed by atoms with Crippen LogP contribution in [0.1, 0.15) is 34.0 Å². The molecule has 0 atom stereocenters. The van der Waals surface area contributed by atoms with E-state index in [1.165, 1.54) is 13.0 Å². The van der Waals surface area contributed by atoms with Crippen molar-refractivity contribution in [3.8, 4) is 0 Å². The van der Waals surface area contributed by atoms with Crippen molar-refractivity contribution in [1.82, 2.24) is 0 Å². The number of hydrogen-bond acceptors (Lipinski definition) is 1. The van der Waals surface area contributed by atoms with Gasteiger partial charge in [0.1, 0.15) is 0 Å². The first-order chi connectivity index (χ1) is 9.36. The maximum atomic E-state index is 12.6. The fourth-order valence-corrected chi connectivity index (χ4v) is 1.99. The van der Waals surface area contributed by atoms with Gasteiger partial charge in [0.25, 0.3) is 0 Å². The molecule has 0 unspecified atom stereocenters. The van der Waals surface area contributed by atoms with E-state index in [9.17, 15) is 18.0 Å². The average Bonchev–Trinajstić information content (AvgIpc) is 2.38. The van der Waals surface area contributed by atoms with E-state index < -0.39 is 11.7 Å². The Morgan fingerprint density at radius 2 is 1.60 bits per heavy atom. The first kappa shape index (κ1) is 14.3. The highest BCUT2D eigenvalue weighted by Gasteiger charge is 2.30. The Bertz CT molecular complexity index is 630. The molecule has 2 rings (SSSR count). The van der Waals surface area contributed by atoms with E-state index in [-0.39, 0.29) is 5.78 Å². The van der Waals surface area contributed by atoms with Crippen molar-refractivity contribution in [2.45, 2.75) is 19.5 Å². The van der Waals surface area contributed by atoms with E-state index >= 15 is 0 Å². The normalized spacial score (nSPS) is 11.4. The Morgan fingerprint density at radius 1 is 1.00 bits per heavy atom. The maximum absolute atomic E-state index is 12.6. The van der Waals surface area contributed by atoms with Crippen LogP contribution in [-0.4, -0.2) is 5.78 Å². The van der Waals surface area contributed by atoms with Gasteiger partial charge in [-0.2, -0.15) is 13.2 Å². The topological polar surface area (TPSA) is 17.1 Å². The number of ketones is 1. The zero-order valence-electron chi connectivity index (χ0n) is 10.9. The molecule has 0 aliphatic carbocycles. The number of halogens is 3. The van der Waals surface area contributed by atoms with Gasteiger partial charge in [0.2, 0.25) is 0 Å². The lowest BCUT2D eigenvalue weighted by molar-refractivity contribution is -0.137. The molecule has 0 saturated heterocycles. The number of alkyl halides is 3. The number of benzene rings is 2. The zero-order chi connectivity index (χ0) is 14.8. The highest BCUT2D eigenvalue weighted by molar-refractivity contribution is 5.94. The van der Waals surface area contributed by atoms with Crippen LogP contribution >= 0.6 is 0 Å². The molecule has 0 radical (unpaired) electrons. The van der Waals surface area contributed by atoms with Gasteiger partial charge in [-0.3, -0.25) is 4.79 Å². The van der Waals surface area contributed by atoms with E-state index in [1.54, 1.807) is 30.3 Å². The summed E-state index contributed by atoms with van der Waals surface area (Å²) in [6.07, 6.45) is -3.97. The van der Waals surface area contributed by atoms with Crippen molar-refractivity contribution < 1.29 is 18.0 Å². The third-order valence-electron chi connectivity index (χ3n) is 3.00. The lowest BCUT2D eigenvalue weighted by atomic mass is 10.00. The number of Topliss-reactive ketones (excluding diaryl/α,β-unsaturated/α-hetero) is 1. The zero-order valence-corrected chi connectivity index (χ0v) is 10.9. The summed E-state index contributed by atoms with van der Waals surface area (Å²) in [7, 11) is 0. The first-order valence-corrected chi connectivity index (χ1v) is 6.12. The monoisotopic (exact) mass is 278 g/mol. The van der Waals surface area contributed by atoms with Gasteiger partial charge in [-0.05, 0) is 36.6 Å². The Labute approximate surface area is 115 Å². The van der Waals surface area contributed by atoms with Crippen LogP contribution in [0.25, 0.3) is 0 Å². The van der Waals surface area contributed by atoms with Crippen LogP contribution in [0.5, 0.6) is 0 Å². The molecule has 0 saturated carbocycles. The van der Waals surface area contributed by atoms with Crippen LogP contribution in [-0.2, 0) is 12.6 Å². The molecule has 2 aromatic rings. The third-order valence-corrected chi connectivity index (χ3v) is 3.00. The first-order valence-electron chi connectivity index (χ1n) is 6.12. The van der Waals surface area contributed by atoms with Gasteiger partial charge < -0.3 is 0 Å². The lowest BCUT2D eigenvalue weighted by Crippen LogP contribution is -2.05. The number of carbonyl (C=O) groups is 1. The molecule has 0 aliphatic heterocycles. The van der Waals surface area contributed by atoms with Crippen LogP contribution in [0.3, 0.4) is 0 Å². The Morgan fingerprint density at radius 3 is 2.20 bits per heavy atom. The summed E-state index contributed by atoms with van der Waals surface area (Å²) in [4.78, 5) is 11.3. The fourth-order valence-electron chi connectivity index (χ4n) is 1.99. The molecule has 1 nitrogen and oxygen atoms in total. The van der Waals surface area contributed by atoms with Gasteiger partial charge in [-0.15, -0.1) is 0 Å². The molecular formula is C16H13F3O. The van der Waals surface area contributed by atoms with E-state index in [4.69, 9.17) is 0 Å². The predicted octanol–water partition coefficient (Wildman–Crippen LogP) is 4.50. The minimum atomic E-state index is -4.34. The molecule has 104 valence electrons. The van der Waals surface area contributed by atoms with Crippen LogP contribution < -0.4 is 0 Å². The molecule has 0 fully saturated rings. The van der Waals surface area contributed by atoms with Crippen molar-refractivity contribution >= 4 is 5.78 Å². The SMILES string of the molecule is CC(=O)c1cccc(Cc2cccc(C(F)(F)F)c2)c1. The maximum Gasteiger partial charge on any atom is 0.416 e. The van der Waals surface area contributed by atoms with E-state index in [1.807, 2.05) is 0 Å². The number of carbonyl (C=O) groups excluding carboxylic acids is 1. The Hall–Kier alpha value is -2.10. The van der Waals surface area contributed by atoms with Gasteiger partial charge in [-0.25, -0.2) is 0 Å². The molecular weight excluding hydrogens is 265 g/mol. The molecule has 0 aliphatic rings. The number of hydrogen-bond donors (Lipinski definition) is 0. The standard InChI is InChI=1S/C16H13F3O/c1-11(20)14-6-2-4-12(9-14)8-13-5-3-7-15(10-13)16(17,18)19/h2-7,9-10H,8H2,1H3. The summed E-state index contributed by atoms with van der Waals surface area (Å²) in [5, 5.41) is 0. The molecule has 0 amide bonds. The highest BCUT2D eigenvalue weighted by Crippen LogP contribution is 2.30. The second-order valence-electron chi connectivity index (χ2n) is 4.63. The third kappa shape index (κ3) is 3.47. The average molecular weight is 278 g/mol. The minimum Gasteiger partial charge on any atom is -0.295 e. The molecule has 0 aromatic heterocycles. The van der Waals surface area contributed by atoms with E-state index in [0.29, 0.717) is 17.5 Å². The number of rotatable bonds is 3. The van der Waals surface area contributed by atoms with Crippen LogP contribution in [0.15, 0.2) is 48.5 Å². The summed E-state index contributed by atoms with van der Waals surface area (Å²) in [5.74, 6) is -0.0594. The van der Waals surface area contributed by atoms with Crippen molar-refractivity contribution in [2.24, 2.45) is 0 Å². The summed E-state index contributed by atoms with van der Waals surface area (Å²) in [5.41, 5.74) is 1.30. The molecule has 2 aromatic carbocycles. The molecule has 0 N–H and O–H groups in total. The second kappa shape index (κ2) is 5.49. The molecule has 0 heterocycles. The highest BCUT2D eigenvalue weighted by atomic mass is 19.4. The Balaban J connectivity index is 2.26. The van der Waals surface area contributed by atoms with Crippen LogP contribution in [0, 0.1) is 0 Å². The van der Waals surface area contributed by atoms with Gasteiger partial charge in [0.05, 0.1) is 5.56 Å². The van der Waals surface area contributed by atoms with Gasteiger partial charge in [-0.1, -0.05) is 36.4 Å². The molecule has 0 spiro atoms. The van der Waals surface area contributed by atoms with Gasteiger partial charge >= 0.3 is 6.18 Å². The summed E-state index contributed by atoms with van der Waals surface area (Å²) in [6.45, 7) is 1.46. The smallest absolute Gasteiger partial charge is 0.295 e. The Kier molecular flexibility index (Phi) is 3.93. The molecule has 0 bridgehead atoms. The van der Waals surface area contributed by atoms with Gasteiger partial charge in [0, 0.05) is 5.56 Å². The largest absolute Gasteiger partial charge is 0.416 e. The predicted molar refractivity (Wildman–Crippen MR) is 70.7 cm³/mol. The summed E-state index contributed by atoms with van der Waals surface area (Å²) in [6, 6.07) is 12.2. The van der Waals surface area contributed by atoms with Crippen LogP contribution in [0.2, 0.25) is 0 Å². The fraction of sp³-hybridized carbons (Fsp3) is 0.188. The quantitative estimate of drug-likeness (QED) is 0.755. The molecule has 20 heavy (non-hydrogen) atoms. The summed E-state index contributed by atoms with van der Waals surface area (Å²) < 4.78 is 37.9. The van der Waals surface area contributed by atoms with Gasteiger partial charge in [0.15, 0.2) is 5.78 Å². The summed E-state index contributed by atoms with van der Waals surface area (Å²) >= 11 is 0. The van der Waals surface area contributed by atoms with Crippen molar-refractivity contribution in [1.29, 1.82) is 0 Å². The van der Waals surface area contributed by atoms with Crippen LogP contribution in [0.4, 0.5) is 13.2 Å². The molecule has 4 heteroatoms. The van der Waals surface area contributed by atoms with Crippen molar-refractivity contribution in [3.63, 3.8) is 0 Å². The second-order valence-corrected chi connectivity index (χ2v) is 4.63. The minimum absolute atomic E-state index is 0.0594. The van der Waals surface area contributed by atoms with E-state index in [0.717, 1.165) is 17.7 Å². The van der Waals surface area contributed by atoms with Crippen molar-refractivity contribution in [2.75, 3.05) is 0 Å².